The maximum absolute atomic E-state index is 6.01. The van der Waals surface area contributed by atoms with E-state index in [0.717, 1.165) is 11.1 Å². The Morgan fingerprint density at radius 2 is 2.11 bits per heavy atom. The molecule has 0 spiro atoms. The topological polar surface area (TPSA) is 47.0 Å². The Labute approximate surface area is 121 Å². The zero-order valence-corrected chi connectivity index (χ0v) is 11.9. The molecule has 4 nitrogen and oxygen atoms in total. The highest BCUT2D eigenvalue weighted by Crippen LogP contribution is 2.21. The van der Waals surface area contributed by atoms with Crippen molar-refractivity contribution < 1.29 is 4.74 Å². The van der Waals surface area contributed by atoms with Crippen molar-refractivity contribution in [2.45, 2.75) is 12.4 Å². The zero-order chi connectivity index (χ0) is 13.7. The summed E-state index contributed by atoms with van der Waals surface area (Å²) in [5, 5.41) is 3.60. The molecule has 2 rings (SSSR count). The van der Waals surface area contributed by atoms with Crippen molar-refractivity contribution in [3.63, 3.8) is 0 Å². The molecular formula is C13H13Cl2N3O. The molecule has 19 heavy (non-hydrogen) atoms. The van der Waals surface area contributed by atoms with Gasteiger partial charge in [-0.1, -0.05) is 35.9 Å². The first kappa shape index (κ1) is 13.9. The lowest BCUT2D eigenvalue weighted by molar-refractivity contribution is 0.380. The van der Waals surface area contributed by atoms with E-state index in [1.807, 2.05) is 24.3 Å². The number of methoxy groups -OCH3 is 1. The molecule has 0 aliphatic rings. The van der Waals surface area contributed by atoms with E-state index in [4.69, 9.17) is 27.9 Å². The number of rotatable bonds is 5. The Bertz CT molecular complexity index is 563. The molecule has 6 heteroatoms. The SMILES string of the molecule is COc1ncc(Cl)c(NCc2cccc(CCl)c2)n1. The fraction of sp³-hybridized carbons (Fsp3) is 0.231. The standard InChI is InChI=1S/C13H13Cl2N3O/c1-19-13-17-8-11(15)12(18-13)16-7-10-4-2-3-9(5-10)6-14/h2-5,8H,6-7H2,1H3,(H,16,17,18). The first-order valence-electron chi connectivity index (χ1n) is 5.67. The minimum absolute atomic E-state index is 0.279. The number of nitrogens with one attached hydrogen (secondary N) is 1. The molecule has 0 aliphatic carbocycles. The summed E-state index contributed by atoms with van der Waals surface area (Å²) in [6.45, 7) is 0.602. The van der Waals surface area contributed by atoms with E-state index >= 15 is 0 Å². The summed E-state index contributed by atoms with van der Waals surface area (Å²) in [5.41, 5.74) is 2.18. The third-order valence-electron chi connectivity index (χ3n) is 2.51. The summed E-state index contributed by atoms with van der Waals surface area (Å²) >= 11 is 11.8. The Morgan fingerprint density at radius 3 is 2.84 bits per heavy atom. The molecule has 0 saturated heterocycles. The fourth-order valence-electron chi connectivity index (χ4n) is 1.58. The van der Waals surface area contributed by atoms with E-state index in [9.17, 15) is 0 Å². The molecule has 100 valence electrons. The monoisotopic (exact) mass is 297 g/mol. The predicted octanol–water partition coefficient (Wildman–Crippen LogP) is 3.49. The maximum Gasteiger partial charge on any atom is 0.318 e. The fourth-order valence-corrected chi connectivity index (χ4v) is 1.91. The number of hydrogen-bond acceptors (Lipinski definition) is 4. The van der Waals surface area contributed by atoms with Crippen LogP contribution in [0.2, 0.25) is 5.02 Å². The second kappa shape index (κ2) is 6.59. The van der Waals surface area contributed by atoms with Gasteiger partial charge in [0.05, 0.1) is 13.3 Å². The van der Waals surface area contributed by atoms with Crippen molar-refractivity contribution in [2.75, 3.05) is 12.4 Å². The summed E-state index contributed by atoms with van der Waals surface area (Å²) in [6, 6.07) is 8.27. The molecule has 0 saturated carbocycles. The van der Waals surface area contributed by atoms with Gasteiger partial charge in [-0.25, -0.2) is 4.98 Å². The number of halogens is 2. The van der Waals surface area contributed by atoms with E-state index in [2.05, 4.69) is 15.3 Å². The number of benzene rings is 1. The number of nitrogens with zero attached hydrogens (tertiary/aromatic N) is 2. The predicted molar refractivity (Wildman–Crippen MR) is 76.9 cm³/mol. The van der Waals surface area contributed by atoms with Crippen LogP contribution in [0.1, 0.15) is 11.1 Å². The highest BCUT2D eigenvalue weighted by atomic mass is 35.5. The smallest absolute Gasteiger partial charge is 0.318 e. The number of ether oxygens (including phenoxy) is 1. The minimum Gasteiger partial charge on any atom is -0.467 e. The van der Waals surface area contributed by atoms with Gasteiger partial charge in [0.1, 0.15) is 5.02 Å². The Balaban J connectivity index is 2.09. The highest BCUT2D eigenvalue weighted by Gasteiger charge is 2.05. The number of alkyl halides is 1. The first-order chi connectivity index (χ1) is 9.22. The Kier molecular flexibility index (Phi) is 4.82. The van der Waals surface area contributed by atoms with Gasteiger partial charge in [-0.15, -0.1) is 11.6 Å². The van der Waals surface area contributed by atoms with Crippen LogP contribution in [-0.4, -0.2) is 17.1 Å². The maximum atomic E-state index is 6.01. The van der Waals surface area contributed by atoms with E-state index in [1.54, 1.807) is 0 Å². The lowest BCUT2D eigenvalue weighted by Crippen LogP contribution is -2.04. The molecule has 2 aromatic rings. The summed E-state index contributed by atoms with van der Waals surface area (Å²) in [5.74, 6) is 1.04. The van der Waals surface area contributed by atoms with Crippen LogP contribution in [0, 0.1) is 0 Å². The second-order valence-electron chi connectivity index (χ2n) is 3.86. The van der Waals surface area contributed by atoms with Crippen molar-refractivity contribution in [1.29, 1.82) is 0 Å². The van der Waals surface area contributed by atoms with Crippen molar-refractivity contribution >= 4 is 29.0 Å². The quantitative estimate of drug-likeness (QED) is 0.858. The second-order valence-corrected chi connectivity index (χ2v) is 4.53. The summed E-state index contributed by atoms with van der Waals surface area (Å²) in [7, 11) is 1.51. The van der Waals surface area contributed by atoms with Crippen LogP contribution in [0.15, 0.2) is 30.5 Å². The van der Waals surface area contributed by atoms with Gasteiger partial charge in [-0.05, 0) is 11.1 Å². The van der Waals surface area contributed by atoms with E-state index in [1.165, 1.54) is 13.3 Å². The average molecular weight is 298 g/mol. The lowest BCUT2D eigenvalue weighted by atomic mass is 10.1. The summed E-state index contributed by atoms with van der Waals surface area (Å²) < 4.78 is 4.96. The van der Waals surface area contributed by atoms with E-state index in [0.29, 0.717) is 23.3 Å². The third kappa shape index (κ3) is 3.72. The van der Waals surface area contributed by atoms with Gasteiger partial charge in [-0.2, -0.15) is 4.98 Å². The van der Waals surface area contributed by atoms with Gasteiger partial charge in [0, 0.05) is 12.4 Å². The largest absolute Gasteiger partial charge is 0.467 e. The molecule has 0 fully saturated rings. The molecule has 0 atom stereocenters. The normalized spacial score (nSPS) is 10.3. The lowest BCUT2D eigenvalue weighted by Gasteiger charge is -2.09. The highest BCUT2D eigenvalue weighted by molar-refractivity contribution is 6.32. The summed E-state index contributed by atoms with van der Waals surface area (Å²) in [6.07, 6.45) is 1.50. The molecule has 1 aromatic heterocycles. The molecule has 0 aliphatic heterocycles. The number of aromatic nitrogens is 2. The number of hydrogen-bond donors (Lipinski definition) is 1. The van der Waals surface area contributed by atoms with Gasteiger partial charge in [0.2, 0.25) is 0 Å². The van der Waals surface area contributed by atoms with Gasteiger partial charge < -0.3 is 10.1 Å². The molecule has 0 radical (unpaired) electrons. The summed E-state index contributed by atoms with van der Waals surface area (Å²) in [4.78, 5) is 8.06. The Morgan fingerprint density at radius 1 is 1.32 bits per heavy atom. The molecule has 0 unspecified atom stereocenters. The molecule has 1 N–H and O–H groups in total. The van der Waals surface area contributed by atoms with Crippen LogP contribution < -0.4 is 10.1 Å². The third-order valence-corrected chi connectivity index (χ3v) is 3.10. The van der Waals surface area contributed by atoms with Crippen molar-refractivity contribution in [1.82, 2.24) is 9.97 Å². The molecule has 0 amide bonds. The van der Waals surface area contributed by atoms with Crippen LogP contribution >= 0.6 is 23.2 Å². The molecule has 0 bridgehead atoms. The van der Waals surface area contributed by atoms with Crippen molar-refractivity contribution in [2.24, 2.45) is 0 Å². The van der Waals surface area contributed by atoms with Crippen LogP contribution in [-0.2, 0) is 12.4 Å². The van der Waals surface area contributed by atoms with Gasteiger partial charge >= 0.3 is 6.01 Å². The van der Waals surface area contributed by atoms with E-state index in [-0.39, 0.29) is 6.01 Å². The molecule has 1 aromatic carbocycles. The number of anilines is 1. The van der Waals surface area contributed by atoms with E-state index < -0.39 is 0 Å². The van der Waals surface area contributed by atoms with Crippen LogP contribution in [0.5, 0.6) is 6.01 Å². The van der Waals surface area contributed by atoms with Gasteiger partial charge in [0.15, 0.2) is 5.82 Å². The average Bonchev–Trinajstić information content (AvgIpc) is 2.46. The van der Waals surface area contributed by atoms with Gasteiger partial charge in [-0.3, -0.25) is 0 Å². The van der Waals surface area contributed by atoms with Crippen molar-refractivity contribution in [3.05, 3.63) is 46.6 Å². The molecule has 1 heterocycles. The van der Waals surface area contributed by atoms with Crippen LogP contribution in [0.3, 0.4) is 0 Å². The first-order valence-corrected chi connectivity index (χ1v) is 6.58. The minimum atomic E-state index is 0.279. The Hall–Kier alpha value is -1.52. The van der Waals surface area contributed by atoms with Crippen LogP contribution in [0.4, 0.5) is 5.82 Å². The van der Waals surface area contributed by atoms with Crippen LogP contribution in [0.25, 0.3) is 0 Å². The molecular weight excluding hydrogens is 285 g/mol. The van der Waals surface area contributed by atoms with Gasteiger partial charge in [0.25, 0.3) is 0 Å². The van der Waals surface area contributed by atoms with Crippen molar-refractivity contribution in [3.8, 4) is 6.01 Å². The zero-order valence-electron chi connectivity index (χ0n) is 10.4.